The van der Waals surface area contributed by atoms with Crippen LogP contribution in [0.4, 0.5) is 0 Å². The highest BCUT2D eigenvalue weighted by atomic mass is 32.2. The predicted octanol–water partition coefficient (Wildman–Crippen LogP) is 1.95. The molecule has 0 bridgehead atoms. The van der Waals surface area contributed by atoms with Gasteiger partial charge in [0, 0.05) is 30.6 Å². The molecule has 6 heteroatoms. The van der Waals surface area contributed by atoms with Gasteiger partial charge in [-0.15, -0.1) is 0 Å². The van der Waals surface area contributed by atoms with Crippen molar-refractivity contribution in [2.45, 2.75) is 10.9 Å². The Bertz CT molecular complexity index is 777. The molecule has 3 aromatic rings. The third kappa shape index (κ3) is 2.26. The first-order valence-corrected chi connectivity index (χ1v) is 6.80. The summed E-state index contributed by atoms with van der Waals surface area (Å²) in [6, 6.07) is 7.50. The van der Waals surface area contributed by atoms with E-state index in [1.165, 1.54) is 0 Å². The topological polar surface area (TPSA) is 63.6 Å². The van der Waals surface area contributed by atoms with Gasteiger partial charge in [-0.2, -0.15) is 5.10 Å². The number of H-pyrrole nitrogens is 1. The fraction of sp³-hybridized carbons (Fsp3) is 0.154. The lowest BCUT2D eigenvalue weighted by atomic mass is 10.1. The lowest BCUT2D eigenvalue weighted by molar-refractivity contribution is 0.789. The number of nitrogens with one attached hydrogen (secondary N) is 1. The van der Waals surface area contributed by atoms with Crippen molar-refractivity contribution >= 4 is 22.5 Å². The third-order valence-electron chi connectivity index (χ3n) is 2.89. The number of nitrogens with zero attached hydrogens (tertiary/aromatic N) is 3. The van der Waals surface area contributed by atoms with Crippen molar-refractivity contribution in [1.29, 1.82) is 0 Å². The van der Waals surface area contributed by atoms with Crippen LogP contribution in [-0.2, 0) is 12.8 Å². The number of fused-ring (bicyclic) bond motifs is 1. The summed E-state index contributed by atoms with van der Waals surface area (Å²) in [7, 11) is 1.95. The van der Waals surface area contributed by atoms with Gasteiger partial charge in [0.05, 0.1) is 11.1 Å². The fourth-order valence-corrected chi connectivity index (χ4v) is 2.79. The number of aryl methyl sites for hydroxylation is 1. The van der Waals surface area contributed by atoms with Crippen LogP contribution >= 0.6 is 11.8 Å². The summed E-state index contributed by atoms with van der Waals surface area (Å²) in [6.45, 7) is 0. The molecule has 0 aliphatic heterocycles. The van der Waals surface area contributed by atoms with Gasteiger partial charge < -0.3 is 4.57 Å². The zero-order chi connectivity index (χ0) is 13.2. The smallest absolute Gasteiger partial charge is 0.272 e. The van der Waals surface area contributed by atoms with Gasteiger partial charge in [-0.1, -0.05) is 30.0 Å². The summed E-state index contributed by atoms with van der Waals surface area (Å²) < 4.78 is 1.96. The number of thioether (sulfide) groups is 1. The van der Waals surface area contributed by atoms with E-state index >= 15 is 0 Å². The van der Waals surface area contributed by atoms with Crippen molar-refractivity contribution in [3.63, 3.8) is 0 Å². The summed E-state index contributed by atoms with van der Waals surface area (Å²) >= 11 is 1.59. The van der Waals surface area contributed by atoms with Crippen LogP contribution in [0.2, 0.25) is 0 Å². The molecule has 0 saturated heterocycles. The number of rotatable bonds is 3. The molecule has 1 N–H and O–H groups in total. The molecule has 1 aromatic carbocycles. The molecular weight excluding hydrogens is 260 g/mol. The quantitative estimate of drug-likeness (QED) is 0.740. The maximum atomic E-state index is 11.7. The van der Waals surface area contributed by atoms with E-state index in [-0.39, 0.29) is 5.56 Å². The van der Waals surface area contributed by atoms with Crippen LogP contribution in [0.1, 0.15) is 5.69 Å². The molecule has 5 nitrogen and oxygen atoms in total. The lowest BCUT2D eigenvalue weighted by Crippen LogP contribution is -2.10. The highest BCUT2D eigenvalue weighted by Crippen LogP contribution is 2.22. The fourth-order valence-electron chi connectivity index (χ4n) is 1.91. The number of hydrogen-bond acceptors (Lipinski definition) is 4. The Morgan fingerprint density at radius 2 is 2.11 bits per heavy atom. The molecule has 2 aromatic heterocycles. The van der Waals surface area contributed by atoms with E-state index in [0.717, 1.165) is 16.2 Å². The highest BCUT2D eigenvalue weighted by Gasteiger charge is 2.08. The Morgan fingerprint density at radius 1 is 1.32 bits per heavy atom. The zero-order valence-corrected chi connectivity index (χ0v) is 11.1. The summed E-state index contributed by atoms with van der Waals surface area (Å²) in [5.74, 6) is 0.669. The standard InChI is InChI=1S/C13H12N4OS/c1-17-7-6-14-13(17)19-8-11-9-4-2-3-5-10(9)12(18)16-15-11/h2-7H,8H2,1H3,(H,16,18). The average Bonchev–Trinajstić information content (AvgIpc) is 2.84. The van der Waals surface area contributed by atoms with Crippen LogP contribution in [0.5, 0.6) is 0 Å². The molecular formula is C13H12N4OS. The molecule has 0 atom stereocenters. The van der Waals surface area contributed by atoms with E-state index in [1.807, 2.05) is 42.1 Å². The number of aromatic amines is 1. The summed E-state index contributed by atoms with van der Waals surface area (Å²) in [5, 5.41) is 9.18. The van der Waals surface area contributed by atoms with Crippen LogP contribution in [0.3, 0.4) is 0 Å². The van der Waals surface area contributed by atoms with E-state index in [1.54, 1.807) is 18.0 Å². The van der Waals surface area contributed by atoms with Crippen molar-refractivity contribution in [2.24, 2.45) is 7.05 Å². The largest absolute Gasteiger partial charge is 0.329 e. The molecule has 3 rings (SSSR count). The lowest BCUT2D eigenvalue weighted by Gasteiger charge is -2.04. The van der Waals surface area contributed by atoms with Gasteiger partial charge in [-0.3, -0.25) is 4.79 Å². The monoisotopic (exact) mass is 272 g/mol. The second-order valence-electron chi connectivity index (χ2n) is 4.15. The van der Waals surface area contributed by atoms with Crippen molar-refractivity contribution < 1.29 is 0 Å². The Balaban J connectivity index is 1.96. The molecule has 19 heavy (non-hydrogen) atoms. The molecule has 0 spiro atoms. The van der Waals surface area contributed by atoms with E-state index < -0.39 is 0 Å². The Morgan fingerprint density at radius 3 is 2.84 bits per heavy atom. The van der Waals surface area contributed by atoms with Crippen molar-refractivity contribution in [3.05, 3.63) is 52.7 Å². The van der Waals surface area contributed by atoms with Gasteiger partial charge in [-0.25, -0.2) is 10.1 Å². The molecule has 0 amide bonds. The van der Waals surface area contributed by atoms with E-state index in [9.17, 15) is 4.79 Å². The van der Waals surface area contributed by atoms with Crippen molar-refractivity contribution in [3.8, 4) is 0 Å². The minimum atomic E-state index is -0.152. The van der Waals surface area contributed by atoms with Gasteiger partial charge in [0.25, 0.3) is 5.56 Å². The van der Waals surface area contributed by atoms with Crippen molar-refractivity contribution in [1.82, 2.24) is 19.7 Å². The predicted molar refractivity (Wildman–Crippen MR) is 75.1 cm³/mol. The second-order valence-corrected chi connectivity index (χ2v) is 5.10. The SMILES string of the molecule is Cn1ccnc1SCc1n[nH]c(=O)c2ccccc12. The summed E-state index contributed by atoms with van der Waals surface area (Å²) in [5.41, 5.74) is 0.713. The third-order valence-corrected chi connectivity index (χ3v) is 3.96. The summed E-state index contributed by atoms with van der Waals surface area (Å²) in [4.78, 5) is 15.9. The normalized spacial score (nSPS) is 11.0. The molecule has 0 unspecified atom stereocenters. The zero-order valence-electron chi connectivity index (χ0n) is 10.3. The Hall–Kier alpha value is -2.08. The number of imidazole rings is 1. The van der Waals surface area contributed by atoms with Crippen LogP contribution in [0.15, 0.2) is 46.6 Å². The van der Waals surface area contributed by atoms with Gasteiger partial charge in [-0.05, 0) is 6.07 Å². The van der Waals surface area contributed by atoms with E-state index in [2.05, 4.69) is 15.2 Å². The van der Waals surface area contributed by atoms with Gasteiger partial charge in [0.1, 0.15) is 0 Å². The van der Waals surface area contributed by atoms with E-state index in [0.29, 0.717) is 11.1 Å². The molecule has 0 aliphatic rings. The molecule has 0 fully saturated rings. The molecule has 96 valence electrons. The number of aromatic nitrogens is 4. The maximum absolute atomic E-state index is 11.7. The average molecular weight is 272 g/mol. The van der Waals surface area contributed by atoms with Crippen LogP contribution < -0.4 is 5.56 Å². The first-order valence-electron chi connectivity index (χ1n) is 5.82. The van der Waals surface area contributed by atoms with Crippen LogP contribution in [-0.4, -0.2) is 19.7 Å². The Labute approximate surface area is 113 Å². The van der Waals surface area contributed by atoms with Gasteiger partial charge >= 0.3 is 0 Å². The van der Waals surface area contributed by atoms with Gasteiger partial charge in [0.2, 0.25) is 0 Å². The Kier molecular flexibility index (Phi) is 3.08. The molecule has 2 heterocycles. The molecule has 0 aliphatic carbocycles. The maximum Gasteiger partial charge on any atom is 0.272 e. The minimum Gasteiger partial charge on any atom is -0.329 e. The molecule has 0 radical (unpaired) electrons. The van der Waals surface area contributed by atoms with Crippen LogP contribution in [0.25, 0.3) is 10.8 Å². The first kappa shape index (κ1) is 12.0. The number of hydrogen-bond donors (Lipinski definition) is 1. The number of benzene rings is 1. The highest BCUT2D eigenvalue weighted by molar-refractivity contribution is 7.98. The van der Waals surface area contributed by atoms with Crippen molar-refractivity contribution in [2.75, 3.05) is 0 Å². The minimum absolute atomic E-state index is 0.152. The van der Waals surface area contributed by atoms with Crippen LogP contribution in [0, 0.1) is 0 Å². The molecule has 0 saturated carbocycles. The second kappa shape index (κ2) is 4.89. The van der Waals surface area contributed by atoms with E-state index in [4.69, 9.17) is 0 Å². The first-order chi connectivity index (χ1) is 9.25. The summed E-state index contributed by atoms with van der Waals surface area (Å²) in [6.07, 6.45) is 3.67. The van der Waals surface area contributed by atoms with Gasteiger partial charge in [0.15, 0.2) is 5.16 Å².